The molecule has 2 aromatic rings. The first-order chi connectivity index (χ1) is 19.1. The molecule has 2 aliphatic rings. The Balaban J connectivity index is 1.23. The molecule has 2 aliphatic heterocycles. The number of hydrogen-bond donors (Lipinski definition) is 1. The summed E-state index contributed by atoms with van der Waals surface area (Å²) in [5, 5.41) is 9.49. The Hall–Kier alpha value is -3.23. The number of morpholine rings is 1. The molecule has 0 aromatic heterocycles. The van der Waals surface area contributed by atoms with Crippen LogP contribution < -0.4 is 5.32 Å². The number of hydrazone groups is 1. The summed E-state index contributed by atoms with van der Waals surface area (Å²) in [6.07, 6.45) is 9.73. The summed E-state index contributed by atoms with van der Waals surface area (Å²) in [5.74, 6) is -0.313. The summed E-state index contributed by atoms with van der Waals surface area (Å²) < 4.78 is 10.8. The van der Waals surface area contributed by atoms with Gasteiger partial charge < -0.3 is 14.8 Å². The zero-order valence-electron chi connectivity index (χ0n) is 23.2. The van der Waals surface area contributed by atoms with Gasteiger partial charge in [0.25, 0.3) is 5.91 Å². The predicted molar refractivity (Wildman–Crippen MR) is 154 cm³/mol. The molecule has 1 amide bonds. The standard InChI is InChI=1S/C31H42N4O4/c1-2-3-4-5-6-7-18-39-30(36)24-34-15-14-26-12-13-29(21-28(26)23-34)33-31(37)27-10-8-25(9-11-27)22-32-35-16-19-38-20-17-35/h8-13,21-22H,2-7,14-20,23-24H2,1H3,(H,33,37). The van der Waals surface area contributed by atoms with E-state index in [0.717, 1.165) is 55.7 Å². The van der Waals surface area contributed by atoms with Crippen LogP contribution in [0.25, 0.3) is 0 Å². The average molecular weight is 535 g/mol. The number of nitrogens with one attached hydrogen (secondary N) is 1. The number of hydrogen-bond acceptors (Lipinski definition) is 7. The van der Waals surface area contributed by atoms with Crippen LogP contribution in [0.1, 0.15) is 72.5 Å². The molecule has 210 valence electrons. The first-order valence-electron chi connectivity index (χ1n) is 14.4. The van der Waals surface area contributed by atoms with Crippen LogP contribution in [0.2, 0.25) is 0 Å². The van der Waals surface area contributed by atoms with Crippen molar-refractivity contribution in [3.63, 3.8) is 0 Å². The van der Waals surface area contributed by atoms with Crippen molar-refractivity contribution >= 4 is 23.8 Å². The maximum Gasteiger partial charge on any atom is 0.320 e. The monoisotopic (exact) mass is 534 g/mol. The van der Waals surface area contributed by atoms with E-state index in [0.29, 0.717) is 38.5 Å². The first-order valence-corrected chi connectivity index (χ1v) is 14.4. The summed E-state index contributed by atoms with van der Waals surface area (Å²) >= 11 is 0. The van der Waals surface area contributed by atoms with Gasteiger partial charge in [-0.2, -0.15) is 5.10 Å². The minimum absolute atomic E-state index is 0.155. The van der Waals surface area contributed by atoms with Gasteiger partial charge in [-0.05, 0) is 53.8 Å². The zero-order valence-corrected chi connectivity index (χ0v) is 23.2. The smallest absolute Gasteiger partial charge is 0.320 e. The van der Waals surface area contributed by atoms with Crippen LogP contribution in [-0.2, 0) is 27.2 Å². The van der Waals surface area contributed by atoms with Crippen molar-refractivity contribution in [2.45, 2.75) is 58.4 Å². The average Bonchev–Trinajstić information content (AvgIpc) is 2.96. The molecule has 0 saturated carbocycles. The Bertz CT molecular complexity index is 1100. The van der Waals surface area contributed by atoms with Gasteiger partial charge in [0.15, 0.2) is 0 Å². The number of carbonyl (C=O) groups excluding carboxylic acids is 2. The maximum absolute atomic E-state index is 12.9. The summed E-state index contributed by atoms with van der Waals surface area (Å²) in [7, 11) is 0. The number of ether oxygens (including phenoxy) is 2. The van der Waals surface area contributed by atoms with Gasteiger partial charge >= 0.3 is 5.97 Å². The summed E-state index contributed by atoms with van der Waals surface area (Å²) in [6, 6.07) is 13.5. The number of esters is 1. The molecule has 1 fully saturated rings. The van der Waals surface area contributed by atoms with E-state index in [1.807, 2.05) is 47.6 Å². The van der Waals surface area contributed by atoms with Crippen LogP contribution in [0.4, 0.5) is 5.69 Å². The van der Waals surface area contributed by atoms with Crippen molar-refractivity contribution in [3.05, 3.63) is 64.7 Å². The normalized spacial score (nSPS) is 15.8. The van der Waals surface area contributed by atoms with Crippen LogP contribution in [0.15, 0.2) is 47.6 Å². The van der Waals surface area contributed by atoms with Gasteiger partial charge in [-0.25, -0.2) is 0 Å². The van der Waals surface area contributed by atoms with E-state index >= 15 is 0 Å². The van der Waals surface area contributed by atoms with Crippen LogP contribution >= 0.6 is 0 Å². The van der Waals surface area contributed by atoms with Crippen LogP contribution in [-0.4, -0.2) is 74.0 Å². The van der Waals surface area contributed by atoms with Crippen molar-refractivity contribution in [2.24, 2.45) is 5.10 Å². The molecule has 0 radical (unpaired) electrons. The fraction of sp³-hybridized carbons (Fsp3) is 0.516. The Morgan fingerprint density at radius 3 is 2.54 bits per heavy atom. The molecule has 0 bridgehead atoms. The van der Waals surface area contributed by atoms with Gasteiger partial charge in [0.05, 0.1) is 45.7 Å². The van der Waals surface area contributed by atoms with Gasteiger partial charge in [0.1, 0.15) is 0 Å². The van der Waals surface area contributed by atoms with E-state index in [2.05, 4.69) is 28.3 Å². The van der Waals surface area contributed by atoms with Crippen molar-refractivity contribution in [1.82, 2.24) is 9.91 Å². The van der Waals surface area contributed by atoms with Crippen LogP contribution in [0.3, 0.4) is 0 Å². The Morgan fingerprint density at radius 2 is 1.74 bits per heavy atom. The highest BCUT2D eigenvalue weighted by Gasteiger charge is 2.20. The molecule has 0 unspecified atom stereocenters. The number of unbranched alkanes of at least 4 members (excludes halogenated alkanes) is 5. The van der Waals surface area contributed by atoms with E-state index < -0.39 is 0 Å². The third-order valence-corrected chi connectivity index (χ3v) is 7.20. The molecule has 0 aliphatic carbocycles. The van der Waals surface area contributed by atoms with E-state index in [-0.39, 0.29) is 11.9 Å². The largest absolute Gasteiger partial charge is 0.465 e. The summed E-state index contributed by atoms with van der Waals surface area (Å²) in [5.41, 5.74) is 4.68. The van der Waals surface area contributed by atoms with Gasteiger partial charge in [0, 0.05) is 24.3 Å². The Morgan fingerprint density at radius 1 is 0.974 bits per heavy atom. The van der Waals surface area contributed by atoms with Gasteiger partial charge in [-0.1, -0.05) is 57.2 Å². The minimum Gasteiger partial charge on any atom is -0.465 e. The summed E-state index contributed by atoms with van der Waals surface area (Å²) in [6.45, 7) is 7.49. The lowest BCUT2D eigenvalue weighted by atomic mass is 9.99. The molecule has 4 rings (SSSR count). The third-order valence-electron chi connectivity index (χ3n) is 7.20. The van der Waals surface area contributed by atoms with Crippen molar-refractivity contribution in [3.8, 4) is 0 Å². The molecule has 0 spiro atoms. The van der Waals surface area contributed by atoms with Gasteiger partial charge in [-0.15, -0.1) is 0 Å². The molecule has 8 nitrogen and oxygen atoms in total. The molecule has 1 N–H and O–H groups in total. The highest BCUT2D eigenvalue weighted by Crippen LogP contribution is 2.23. The number of rotatable bonds is 13. The van der Waals surface area contributed by atoms with Crippen LogP contribution in [0, 0.1) is 0 Å². The third kappa shape index (κ3) is 9.48. The molecule has 39 heavy (non-hydrogen) atoms. The Labute approximate surface area is 232 Å². The van der Waals surface area contributed by atoms with E-state index in [1.165, 1.54) is 31.2 Å². The van der Waals surface area contributed by atoms with E-state index in [1.54, 1.807) is 0 Å². The lowest BCUT2D eigenvalue weighted by Gasteiger charge is -2.28. The molecule has 1 saturated heterocycles. The molecule has 2 heterocycles. The molecule has 0 atom stereocenters. The van der Waals surface area contributed by atoms with Crippen molar-refractivity contribution < 1.29 is 19.1 Å². The summed E-state index contributed by atoms with van der Waals surface area (Å²) in [4.78, 5) is 27.3. The zero-order chi connectivity index (χ0) is 27.3. The number of anilines is 1. The lowest BCUT2D eigenvalue weighted by molar-refractivity contribution is -0.145. The maximum atomic E-state index is 12.9. The molecule has 2 aromatic carbocycles. The van der Waals surface area contributed by atoms with E-state index in [4.69, 9.17) is 9.47 Å². The van der Waals surface area contributed by atoms with Crippen LogP contribution in [0.5, 0.6) is 0 Å². The molecular formula is C31H42N4O4. The second-order valence-electron chi connectivity index (χ2n) is 10.3. The Kier molecular flexibility index (Phi) is 11.3. The van der Waals surface area contributed by atoms with Crippen molar-refractivity contribution in [1.29, 1.82) is 0 Å². The van der Waals surface area contributed by atoms with E-state index in [9.17, 15) is 9.59 Å². The number of carbonyl (C=O) groups is 2. The number of nitrogens with zero attached hydrogens (tertiary/aromatic N) is 3. The number of fused-ring (bicyclic) bond motifs is 1. The van der Waals surface area contributed by atoms with Crippen molar-refractivity contribution in [2.75, 3.05) is 51.3 Å². The predicted octanol–water partition coefficient (Wildman–Crippen LogP) is 4.87. The second-order valence-corrected chi connectivity index (χ2v) is 10.3. The highest BCUT2D eigenvalue weighted by atomic mass is 16.5. The number of benzene rings is 2. The topological polar surface area (TPSA) is 83.5 Å². The lowest BCUT2D eigenvalue weighted by Crippen LogP contribution is -2.35. The fourth-order valence-electron chi connectivity index (χ4n) is 4.87. The first kappa shape index (κ1) is 28.8. The molecular weight excluding hydrogens is 492 g/mol. The van der Waals surface area contributed by atoms with Gasteiger partial charge in [-0.3, -0.25) is 19.5 Å². The SMILES string of the molecule is CCCCCCCCOC(=O)CN1CCc2ccc(NC(=O)c3ccc(C=NN4CCOCC4)cc3)cc2C1. The minimum atomic E-state index is -0.157. The fourth-order valence-corrected chi connectivity index (χ4v) is 4.87. The molecule has 8 heteroatoms. The quantitative estimate of drug-likeness (QED) is 0.224. The second kappa shape index (κ2) is 15.4. The van der Waals surface area contributed by atoms with Gasteiger partial charge in [0.2, 0.25) is 0 Å². The highest BCUT2D eigenvalue weighted by molar-refractivity contribution is 6.04. The number of amides is 1.